The van der Waals surface area contributed by atoms with Gasteiger partial charge in [0.2, 0.25) is 5.91 Å². The normalized spacial score (nSPS) is 19.5. The van der Waals surface area contributed by atoms with E-state index in [0.29, 0.717) is 26.2 Å². The average molecular weight is 393 g/mol. The first-order valence-corrected chi connectivity index (χ1v) is 10.5. The second-order valence-corrected chi connectivity index (χ2v) is 7.58. The summed E-state index contributed by atoms with van der Waals surface area (Å²) in [7, 11) is 0. The van der Waals surface area contributed by atoms with E-state index in [1.807, 2.05) is 11.6 Å². The zero-order chi connectivity index (χ0) is 19.1. The fourth-order valence-corrected chi connectivity index (χ4v) is 3.93. The average Bonchev–Trinajstić information content (AvgIpc) is 3.42. The SMILES string of the molecule is CCc1nc(CCNC(=O)[C@@H]2CO[C@H](CNCc3ncnn3CC)C2)cs1. The highest BCUT2D eigenvalue weighted by atomic mass is 32.1. The summed E-state index contributed by atoms with van der Waals surface area (Å²) < 4.78 is 7.63. The predicted octanol–water partition coefficient (Wildman–Crippen LogP) is 1.17. The number of hydrogen-bond acceptors (Lipinski definition) is 7. The maximum atomic E-state index is 12.3. The van der Waals surface area contributed by atoms with Crippen molar-refractivity contribution in [2.75, 3.05) is 19.7 Å². The van der Waals surface area contributed by atoms with Crippen LogP contribution in [0.2, 0.25) is 0 Å². The molecule has 0 aliphatic carbocycles. The Balaban J connectivity index is 1.33. The molecule has 1 aliphatic rings. The molecule has 1 saturated heterocycles. The van der Waals surface area contributed by atoms with Crippen molar-refractivity contribution in [3.63, 3.8) is 0 Å². The number of amides is 1. The van der Waals surface area contributed by atoms with E-state index in [0.717, 1.165) is 42.3 Å². The van der Waals surface area contributed by atoms with E-state index < -0.39 is 0 Å². The molecular weight excluding hydrogens is 364 g/mol. The van der Waals surface area contributed by atoms with Crippen molar-refractivity contribution in [1.82, 2.24) is 30.4 Å². The molecule has 2 aromatic rings. The van der Waals surface area contributed by atoms with E-state index in [1.165, 1.54) is 0 Å². The summed E-state index contributed by atoms with van der Waals surface area (Å²) in [6, 6.07) is 0. The Morgan fingerprint density at radius 2 is 2.33 bits per heavy atom. The minimum Gasteiger partial charge on any atom is -0.376 e. The van der Waals surface area contributed by atoms with E-state index in [4.69, 9.17) is 4.74 Å². The van der Waals surface area contributed by atoms with Crippen molar-refractivity contribution in [2.45, 2.75) is 52.3 Å². The number of aryl methyl sites for hydroxylation is 2. The third kappa shape index (κ3) is 5.57. The lowest BCUT2D eigenvalue weighted by atomic mass is 10.0. The van der Waals surface area contributed by atoms with Crippen LogP contribution in [0.25, 0.3) is 0 Å². The number of carbonyl (C=O) groups excluding carboxylic acids is 1. The Bertz CT molecular complexity index is 731. The van der Waals surface area contributed by atoms with Gasteiger partial charge in [-0.25, -0.2) is 14.6 Å². The largest absolute Gasteiger partial charge is 0.376 e. The lowest BCUT2D eigenvalue weighted by molar-refractivity contribution is -0.124. The number of rotatable bonds is 10. The van der Waals surface area contributed by atoms with Crippen molar-refractivity contribution in [1.29, 1.82) is 0 Å². The quantitative estimate of drug-likeness (QED) is 0.630. The van der Waals surface area contributed by atoms with Gasteiger partial charge in [-0.1, -0.05) is 6.92 Å². The van der Waals surface area contributed by atoms with Gasteiger partial charge in [-0.2, -0.15) is 5.10 Å². The number of aromatic nitrogens is 4. The lowest BCUT2D eigenvalue weighted by Gasteiger charge is -2.11. The van der Waals surface area contributed by atoms with Crippen LogP contribution < -0.4 is 10.6 Å². The highest BCUT2D eigenvalue weighted by Crippen LogP contribution is 2.19. The Morgan fingerprint density at radius 1 is 1.44 bits per heavy atom. The monoisotopic (exact) mass is 392 g/mol. The molecule has 27 heavy (non-hydrogen) atoms. The molecule has 0 bridgehead atoms. The lowest BCUT2D eigenvalue weighted by Crippen LogP contribution is -2.33. The summed E-state index contributed by atoms with van der Waals surface area (Å²) in [4.78, 5) is 21.1. The molecule has 148 valence electrons. The van der Waals surface area contributed by atoms with Gasteiger partial charge in [0.15, 0.2) is 0 Å². The first kappa shape index (κ1) is 19.9. The molecule has 2 atom stereocenters. The molecule has 2 aromatic heterocycles. The molecule has 2 N–H and O–H groups in total. The van der Waals surface area contributed by atoms with Crippen LogP contribution in [0.15, 0.2) is 11.7 Å². The Morgan fingerprint density at radius 3 is 3.11 bits per heavy atom. The molecule has 0 radical (unpaired) electrons. The number of nitrogens with zero attached hydrogens (tertiary/aromatic N) is 4. The van der Waals surface area contributed by atoms with E-state index >= 15 is 0 Å². The highest BCUT2D eigenvalue weighted by molar-refractivity contribution is 7.09. The molecule has 9 heteroatoms. The molecule has 3 rings (SSSR count). The maximum absolute atomic E-state index is 12.3. The van der Waals surface area contributed by atoms with E-state index in [-0.39, 0.29) is 17.9 Å². The predicted molar refractivity (Wildman–Crippen MR) is 103 cm³/mol. The zero-order valence-electron chi connectivity index (χ0n) is 16.0. The second-order valence-electron chi connectivity index (χ2n) is 6.64. The fourth-order valence-electron chi connectivity index (χ4n) is 3.15. The first-order valence-electron chi connectivity index (χ1n) is 9.59. The summed E-state index contributed by atoms with van der Waals surface area (Å²) in [5.74, 6) is 0.921. The van der Waals surface area contributed by atoms with Crippen LogP contribution in [0, 0.1) is 5.92 Å². The van der Waals surface area contributed by atoms with Crippen molar-refractivity contribution in [2.24, 2.45) is 5.92 Å². The van der Waals surface area contributed by atoms with Crippen molar-refractivity contribution in [3.8, 4) is 0 Å². The second kappa shape index (κ2) is 9.91. The zero-order valence-corrected chi connectivity index (χ0v) is 16.8. The molecule has 1 amide bonds. The van der Waals surface area contributed by atoms with Gasteiger partial charge in [-0.15, -0.1) is 11.3 Å². The number of ether oxygens (including phenoxy) is 1. The van der Waals surface area contributed by atoms with Crippen LogP contribution in [0.1, 0.15) is 36.8 Å². The standard InChI is InChI=1S/C18H28N6O2S/c1-3-17-23-14(11-27-17)5-6-20-18(25)13-7-15(26-10-13)8-19-9-16-21-12-22-24(16)4-2/h11-13,15,19H,3-10H2,1-2H3,(H,20,25)/t13-,15-/m0/s1. The van der Waals surface area contributed by atoms with Gasteiger partial charge in [-0.3, -0.25) is 4.79 Å². The van der Waals surface area contributed by atoms with Crippen LogP contribution in [0.5, 0.6) is 0 Å². The minimum atomic E-state index is -0.0715. The molecule has 0 aromatic carbocycles. The number of nitrogens with one attached hydrogen (secondary N) is 2. The van der Waals surface area contributed by atoms with E-state index in [1.54, 1.807) is 17.7 Å². The van der Waals surface area contributed by atoms with Crippen LogP contribution in [-0.2, 0) is 35.5 Å². The molecule has 0 spiro atoms. The van der Waals surface area contributed by atoms with Crippen LogP contribution in [0.3, 0.4) is 0 Å². The van der Waals surface area contributed by atoms with Crippen molar-refractivity contribution >= 4 is 17.2 Å². The smallest absolute Gasteiger partial charge is 0.225 e. The fraction of sp³-hybridized carbons (Fsp3) is 0.667. The number of hydrogen-bond donors (Lipinski definition) is 2. The van der Waals surface area contributed by atoms with Gasteiger partial charge >= 0.3 is 0 Å². The van der Waals surface area contributed by atoms with Gasteiger partial charge in [0.05, 0.1) is 35.9 Å². The topological polar surface area (TPSA) is 94.0 Å². The van der Waals surface area contributed by atoms with Crippen LogP contribution in [0.4, 0.5) is 0 Å². The van der Waals surface area contributed by atoms with Crippen molar-refractivity contribution in [3.05, 3.63) is 28.2 Å². The summed E-state index contributed by atoms with van der Waals surface area (Å²) in [6.07, 6.45) is 4.11. The van der Waals surface area contributed by atoms with E-state index in [9.17, 15) is 4.79 Å². The Labute approximate surface area is 163 Å². The molecule has 8 nitrogen and oxygen atoms in total. The summed E-state index contributed by atoms with van der Waals surface area (Å²) in [5.41, 5.74) is 1.06. The molecular formula is C18H28N6O2S. The number of thiazole rings is 1. The molecule has 1 aliphatic heterocycles. The van der Waals surface area contributed by atoms with Crippen molar-refractivity contribution < 1.29 is 9.53 Å². The molecule has 0 unspecified atom stereocenters. The molecule has 1 fully saturated rings. The summed E-state index contributed by atoms with van der Waals surface area (Å²) in [6.45, 7) is 7.41. The first-order chi connectivity index (χ1) is 13.2. The maximum Gasteiger partial charge on any atom is 0.225 e. The number of carbonyl (C=O) groups is 1. The molecule has 0 saturated carbocycles. The molecule has 3 heterocycles. The van der Waals surface area contributed by atoms with Gasteiger partial charge in [0.25, 0.3) is 0 Å². The Kier molecular flexibility index (Phi) is 7.31. The van der Waals surface area contributed by atoms with Gasteiger partial charge < -0.3 is 15.4 Å². The highest BCUT2D eigenvalue weighted by Gasteiger charge is 2.30. The Hall–Kier alpha value is -1.84. The third-order valence-corrected chi connectivity index (χ3v) is 5.73. The van der Waals surface area contributed by atoms with Gasteiger partial charge in [-0.05, 0) is 19.8 Å². The summed E-state index contributed by atoms with van der Waals surface area (Å²) in [5, 5.41) is 13.7. The minimum absolute atomic E-state index is 0.0596. The van der Waals surface area contributed by atoms with Crippen LogP contribution in [-0.4, -0.2) is 51.5 Å². The van der Waals surface area contributed by atoms with Crippen LogP contribution >= 0.6 is 11.3 Å². The van der Waals surface area contributed by atoms with Gasteiger partial charge in [0.1, 0.15) is 12.2 Å². The summed E-state index contributed by atoms with van der Waals surface area (Å²) >= 11 is 1.68. The van der Waals surface area contributed by atoms with E-state index in [2.05, 4.69) is 38.0 Å². The van der Waals surface area contributed by atoms with Gasteiger partial charge in [0, 0.05) is 31.4 Å². The third-order valence-electron chi connectivity index (χ3n) is 4.68.